The molecule has 0 bridgehead atoms. The van der Waals surface area contributed by atoms with Crippen LogP contribution in [0.2, 0.25) is 0 Å². The molecular weight excluding hydrogens is 440 g/mol. The summed E-state index contributed by atoms with van der Waals surface area (Å²) in [5.41, 5.74) is 0.689. The molecule has 3 rings (SSSR count). The molecule has 0 radical (unpaired) electrons. The fraction of sp³-hybridized carbons (Fsp3) is 0.211. The zero-order valence-corrected chi connectivity index (χ0v) is 17.7. The molecule has 2 aromatic carbocycles. The second kappa shape index (κ2) is 9.11. The first kappa shape index (κ1) is 22.8. The maximum absolute atomic E-state index is 12.1. The van der Waals surface area contributed by atoms with Crippen molar-refractivity contribution in [3.8, 4) is 5.75 Å². The number of carbonyl (C=O) groups excluding carboxylic acids is 2. The number of carbonyl (C=O) groups is 2. The van der Waals surface area contributed by atoms with Crippen LogP contribution in [0, 0.1) is 6.92 Å². The van der Waals surface area contributed by atoms with E-state index in [2.05, 4.69) is 30.8 Å². The van der Waals surface area contributed by atoms with E-state index in [0.29, 0.717) is 11.3 Å². The number of hydrogen-bond donors (Lipinski definition) is 3. The number of benzene rings is 2. The Kier molecular flexibility index (Phi) is 6.50. The topological polar surface area (TPSA) is 183 Å². The first-order chi connectivity index (χ1) is 15.1. The van der Waals surface area contributed by atoms with Crippen LogP contribution in [0.5, 0.6) is 5.75 Å². The number of nitrogens with one attached hydrogen (secondary N) is 1. The summed E-state index contributed by atoms with van der Waals surface area (Å²) in [4.78, 5) is 27.3. The van der Waals surface area contributed by atoms with Gasteiger partial charge in [0, 0.05) is 7.05 Å². The minimum atomic E-state index is -4.75. The highest BCUT2D eigenvalue weighted by atomic mass is 32.2. The average molecular weight is 458 g/mol. The highest BCUT2D eigenvalue weighted by Crippen LogP contribution is 2.33. The van der Waals surface area contributed by atoms with Gasteiger partial charge in [0.05, 0.1) is 17.8 Å². The largest absolute Gasteiger partial charge is 0.508 e. The van der Waals surface area contributed by atoms with E-state index < -0.39 is 32.7 Å². The first-order valence-corrected chi connectivity index (χ1v) is 10.6. The Morgan fingerprint density at radius 1 is 1.03 bits per heavy atom. The molecule has 32 heavy (non-hydrogen) atoms. The van der Waals surface area contributed by atoms with E-state index in [4.69, 9.17) is 0 Å². The number of Topliss-reactive ketones (excluding diaryl/α,β-unsaturated/α-hetero) is 1. The number of aryl methyl sites for hydroxylation is 1. The van der Waals surface area contributed by atoms with Crippen LogP contribution in [0.4, 0.5) is 17.1 Å². The molecule has 1 fully saturated rings. The number of ketones is 1. The summed E-state index contributed by atoms with van der Waals surface area (Å²) in [6, 6.07) is 6.68. The summed E-state index contributed by atoms with van der Waals surface area (Å²) < 4.78 is 33.4. The number of aliphatic imine (C=N–C) groups is 1. The zero-order chi connectivity index (χ0) is 23.5. The summed E-state index contributed by atoms with van der Waals surface area (Å²) in [7, 11) is -3.32. The Morgan fingerprint density at radius 2 is 1.72 bits per heavy atom. The Morgan fingerprint density at radius 3 is 2.31 bits per heavy atom. The number of aromatic hydroxyl groups is 1. The van der Waals surface area contributed by atoms with E-state index in [-0.39, 0.29) is 29.4 Å². The molecule has 0 aliphatic carbocycles. The van der Waals surface area contributed by atoms with Crippen molar-refractivity contribution in [2.45, 2.75) is 24.3 Å². The molecule has 3 N–H and O–H groups in total. The molecule has 0 aromatic heterocycles. The normalized spacial score (nSPS) is 18.6. The predicted octanol–water partition coefficient (Wildman–Crippen LogP) is 2.93. The van der Waals surface area contributed by atoms with E-state index in [0.717, 1.165) is 6.07 Å². The van der Waals surface area contributed by atoms with Crippen molar-refractivity contribution in [3.05, 3.63) is 42.0 Å². The molecule has 1 unspecified atom stereocenters. The van der Waals surface area contributed by atoms with Crippen LogP contribution in [0.15, 0.2) is 66.7 Å². The first-order valence-electron chi connectivity index (χ1n) is 9.11. The van der Waals surface area contributed by atoms with E-state index in [1.807, 2.05) is 0 Å². The molecule has 166 valence electrons. The predicted molar refractivity (Wildman–Crippen MR) is 113 cm³/mol. The van der Waals surface area contributed by atoms with Gasteiger partial charge in [-0.15, -0.1) is 0 Å². The molecule has 0 saturated carbocycles. The molecule has 12 nitrogen and oxygen atoms in total. The van der Waals surface area contributed by atoms with Crippen LogP contribution in [0.3, 0.4) is 0 Å². The molecule has 13 heteroatoms. The molecule has 2 aromatic rings. The van der Waals surface area contributed by atoms with Crippen LogP contribution in [-0.4, -0.2) is 48.7 Å². The number of amides is 1. The molecule has 0 spiro atoms. The van der Waals surface area contributed by atoms with Crippen LogP contribution < -0.4 is 5.32 Å². The molecule has 1 amide bonds. The van der Waals surface area contributed by atoms with Gasteiger partial charge < -0.3 is 10.4 Å². The number of hydrogen-bond acceptors (Lipinski definition) is 10. The third-order valence-electron chi connectivity index (χ3n) is 4.39. The van der Waals surface area contributed by atoms with Crippen molar-refractivity contribution in [3.63, 3.8) is 0 Å². The number of nitrogens with zero attached hydrogens (tertiary/aromatic N) is 5. The summed E-state index contributed by atoms with van der Waals surface area (Å²) in [5, 5.41) is 27.1. The van der Waals surface area contributed by atoms with Crippen LogP contribution in [-0.2, 0) is 19.7 Å². The Labute approximate surface area is 182 Å². The van der Waals surface area contributed by atoms with Crippen molar-refractivity contribution in [2.75, 3.05) is 7.05 Å². The third kappa shape index (κ3) is 5.25. The summed E-state index contributed by atoms with van der Waals surface area (Å²) in [6.45, 7) is 1.60. The quantitative estimate of drug-likeness (QED) is 0.351. The standard InChI is InChI=1S/C19H18N6O6S/c1-10-7-14(24-25-18-15(27)9-17(20-2)21-19(18)28)16(32(29,30)31)8-13(10)23-22-11-3-5-12(26)6-4-11/h3-8,18,26H,9H2,1-2H3,(H,20,21,28)(H,29,30,31). The van der Waals surface area contributed by atoms with Crippen LogP contribution in [0.25, 0.3) is 0 Å². The van der Waals surface area contributed by atoms with E-state index >= 15 is 0 Å². The lowest BCUT2D eigenvalue weighted by Crippen LogP contribution is -2.48. The van der Waals surface area contributed by atoms with E-state index in [1.165, 1.54) is 37.4 Å². The summed E-state index contributed by atoms with van der Waals surface area (Å²) in [5.74, 6) is -1.05. The minimum Gasteiger partial charge on any atom is -0.508 e. The van der Waals surface area contributed by atoms with Crippen molar-refractivity contribution >= 4 is 44.7 Å². The van der Waals surface area contributed by atoms with Crippen molar-refractivity contribution in [1.29, 1.82) is 0 Å². The lowest BCUT2D eigenvalue weighted by atomic mass is 10.1. The maximum atomic E-state index is 12.1. The third-order valence-corrected chi connectivity index (χ3v) is 5.27. The number of rotatable bonds is 5. The maximum Gasteiger partial charge on any atom is 0.296 e. The molecular formula is C19H18N6O6S. The summed E-state index contributed by atoms with van der Waals surface area (Å²) >= 11 is 0. The van der Waals surface area contributed by atoms with Crippen molar-refractivity contribution in [2.24, 2.45) is 25.4 Å². The van der Waals surface area contributed by atoms with Gasteiger partial charge in [0.2, 0.25) is 6.04 Å². The summed E-state index contributed by atoms with van der Waals surface area (Å²) in [6.07, 6.45) is -0.146. The number of piperidine rings is 1. The number of phenols is 1. The lowest BCUT2D eigenvalue weighted by molar-refractivity contribution is -0.130. The zero-order valence-electron chi connectivity index (χ0n) is 16.9. The van der Waals surface area contributed by atoms with Gasteiger partial charge in [0.15, 0.2) is 5.78 Å². The van der Waals surface area contributed by atoms with Gasteiger partial charge in [-0.25, -0.2) is 0 Å². The molecule has 1 saturated heterocycles. The van der Waals surface area contributed by atoms with Gasteiger partial charge in [-0.3, -0.25) is 19.1 Å². The fourth-order valence-corrected chi connectivity index (χ4v) is 3.34. The number of amidine groups is 1. The van der Waals surface area contributed by atoms with Gasteiger partial charge in [-0.05, 0) is 48.9 Å². The van der Waals surface area contributed by atoms with Gasteiger partial charge in [0.1, 0.15) is 22.2 Å². The van der Waals surface area contributed by atoms with E-state index in [1.54, 1.807) is 6.92 Å². The molecule has 1 atom stereocenters. The molecule has 1 aliphatic heterocycles. The Bertz CT molecular complexity index is 1250. The lowest BCUT2D eigenvalue weighted by Gasteiger charge is -2.18. The van der Waals surface area contributed by atoms with E-state index in [9.17, 15) is 27.7 Å². The van der Waals surface area contributed by atoms with Crippen molar-refractivity contribution < 1.29 is 27.7 Å². The highest BCUT2D eigenvalue weighted by molar-refractivity contribution is 7.86. The highest BCUT2D eigenvalue weighted by Gasteiger charge is 2.33. The number of phenolic OH excluding ortho intramolecular Hbond substituents is 1. The number of azo groups is 2. The SMILES string of the molecule is CN=C1CC(=O)C(N=Nc2cc(C)c(N=Nc3ccc(O)cc3)cc2S(=O)(=O)O)C(=O)N1. The second-order valence-corrected chi connectivity index (χ2v) is 8.11. The van der Waals surface area contributed by atoms with Crippen molar-refractivity contribution in [1.82, 2.24) is 5.32 Å². The second-order valence-electron chi connectivity index (χ2n) is 6.72. The molecule has 1 heterocycles. The monoisotopic (exact) mass is 458 g/mol. The van der Waals surface area contributed by atoms with Gasteiger partial charge in [0.25, 0.3) is 16.0 Å². The smallest absolute Gasteiger partial charge is 0.296 e. The average Bonchev–Trinajstić information content (AvgIpc) is 2.72. The van der Waals surface area contributed by atoms with Crippen LogP contribution in [0.1, 0.15) is 12.0 Å². The van der Waals surface area contributed by atoms with Gasteiger partial charge >= 0.3 is 0 Å². The van der Waals surface area contributed by atoms with Gasteiger partial charge in [-0.2, -0.15) is 28.9 Å². The molecule has 1 aliphatic rings. The minimum absolute atomic E-state index is 0.0480. The Balaban J connectivity index is 1.95. The Hall–Kier alpha value is -3.84. The van der Waals surface area contributed by atoms with Crippen LogP contribution >= 0.6 is 0 Å². The van der Waals surface area contributed by atoms with Gasteiger partial charge in [-0.1, -0.05) is 0 Å². The fourth-order valence-electron chi connectivity index (χ4n) is 2.72.